The highest BCUT2D eigenvalue weighted by atomic mass is 16.8. The normalized spacial score (nSPS) is 51.5. The molecule has 13 nitrogen and oxygen atoms in total. The van der Waals surface area contributed by atoms with Gasteiger partial charge in [0.1, 0.15) is 42.4 Å². The number of nitrogens with zero attached hydrogens (tertiary/aromatic N) is 1. The molecule has 1 spiro atoms. The summed E-state index contributed by atoms with van der Waals surface area (Å²) < 4.78 is 53.8. The minimum atomic E-state index is -1.14. The van der Waals surface area contributed by atoms with Crippen molar-refractivity contribution in [3.05, 3.63) is 34.4 Å². The van der Waals surface area contributed by atoms with Crippen LogP contribution in [0.5, 0.6) is 0 Å². The molecule has 10 rings (SSSR count). The molecule has 10 saturated heterocycles. The van der Waals surface area contributed by atoms with Crippen molar-refractivity contribution in [2.24, 2.45) is 17.8 Å². The van der Waals surface area contributed by atoms with Crippen molar-refractivity contribution in [2.45, 2.75) is 195 Å². The van der Waals surface area contributed by atoms with Gasteiger partial charge in [-0.3, -0.25) is 14.9 Å². The van der Waals surface area contributed by atoms with Gasteiger partial charge in [0.15, 0.2) is 5.79 Å². The summed E-state index contributed by atoms with van der Waals surface area (Å²) in [6.45, 7) is 12.5. The fourth-order valence-electron chi connectivity index (χ4n) is 11.4. The molecule has 10 aliphatic heterocycles. The molecule has 0 amide bonds. The minimum absolute atomic E-state index is 0.0146. The standard InChI is InChI=1S/C40H57NO12/c1-19-11-25-5-7-29-20(2)12-27(46-29)9-10-40-17-34-36(52-40)37-38(51-34)39(53-40)35-30(50-37)8-6-26(48-35)13-23(42)14-28-22(4)31(15-24(43)18-41(44)45)49-33(28)16-32(47-25)21(19)3/h19,22,24-39,43H,2-3,5-18H2,1,4H3/t19-,22-,24?,25+,26-,27+,28?,29?,30+,31-,32-,33?,34-,35+,36?,37+,38-,39+,40+/m1/s1. The fourth-order valence-corrected chi connectivity index (χ4v) is 11.4. The molecule has 19 atom stereocenters. The van der Waals surface area contributed by atoms with Gasteiger partial charge in [-0.25, -0.2) is 0 Å². The van der Waals surface area contributed by atoms with Crippen molar-refractivity contribution in [2.75, 3.05) is 6.54 Å². The first-order valence-electron chi connectivity index (χ1n) is 20.4. The number of hydrogen-bond acceptors (Lipinski definition) is 12. The summed E-state index contributed by atoms with van der Waals surface area (Å²) in [5.74, 6) is -0.710. The highest BCUT2D eigenvalue weighted by Crippen LogP contribution is 2.54. The quantitative estimate of drug-likeness (QED) is 0.247. The van der Waals surface area contributed by atoms with Crippen molar-refractivity contribution in [1.82, 2.24) is 0 Å². The number of aliphatic hydroxyl groups is 1. The number of carbonyl (C=O) groups is 1. The van der Waals surface area contributed by atoms with Crippen molar-refractivity contribution < 1.29 is 52.7 Å². The van der Waals surface area contributed by atoms with Gasteiger partial charge in [0.05, 0.1) is 54.9 Å². The average molecular weight is 744 g/mol. The second kappa shape index (κ2) is 14.3. The third-order valence-electron chi connectivity index (χ3n) is 14.3. The predicted octanol–water partition coefficient (Wildman–Crippen LogP) is 4.38. The number of aliphatic hydroxyl groups excluding tert-OH is 1. The summed E-state index contributed by atoms with van der Waals surface area (Å²) in [5.41, 5.74) is 2.15. The number of nitro groups is 1. The van der Waals surface area contributed by atoms with E-state index >= 15 is 0 Å². The van der Waals surface area contributed by atoms with Crippen LogP contribution in [-0.4, -0.2) is 120 Å². The molecule has 10 heterocycles. The van der Waals surface area contributed by atoms with Crippen LogP contribution < -0.4 is 0 Å². The van der Waals surface area contributed by atoms with E-state index in [4.69, 9.17) is 37.9 Å². The van der Waals surface area contributed by atoms with Crippen LogP contribution in [0.15, 0.2) is 24.3 Å². The van der Waals surface area contributed by atoms with Crippen LogP contribution in [0, 0.1) is 27.9 Å². The highest BCUT2D eigenvalue weighted by Gasteiger charge is 2.68. The van der Waals surface area contributed by atoms with Crippen molar-refractivity contribution >= 4 is 5.78 Å². The molecule has 0 aromatic rings. The van der Waals surface area contributed by atoms with Gasteiger partial charge in [0.25, 0.3) is 0 Å². The number of ether oxygens (including phenoxy) is 8. The maximum atomic E-state index is 14.0. The number of Topliss-reactive ketones (excluding diaryl/α,β-unsaturated/α-hetero) is 1. The molecule has 0 aromatic heterocycles. The van der Waals surface area contributed by atoms with Crippen LogP contribution in [0.2, 0.25) is 0 Å². The number of carbonyl (C=O) groups excluding carboxylic acids is 1. The second-order valence-electron chi connectivity index (χ2n) is 17.9. The molecular formula is C40H57NO12. The van der Waals surface area contributed by atoms with Crippen molar-refractivity contribution in [1.29, 1.82) is 0 Å². The first-order chi connectivity index (χ1) is 25.4. The second-order valence-corrected chi connectivity index (χ2v) is 17.9. The molecular weight excluding hydrogens is 686 g/mol. The maximum absolute atomic E-state index is 14.0. The van der Waals surface area contributed by atoms with Gasteiger partial charge in [-0.15, -0.1) is 0 Å². The van der Waals surface area contributed by atoms with Gasteiger partial charge in [-0.1, -0.05) is 27.0 Å². The van der Waals surface area contributed by atoms with Gasteiger partial charge < -0.3 is 43.0 Å². The zero-order chi connectivity index (χ0) is 36.8. The summed E-state index contributed by atoms with van der Waals surface area (Å²) >= 11 is 0. The van der Waals surface area contributed by atoms with E-state index in [9.17, 15) is 20.0 Å². The SMILES string of the molecule is C=C1C[C@@H]2CC[C@@]34C[C@H]5O[C@H]6[C@@H](O3)[C@H]3O[C@H](CC[C@@H]3O[C@H]6C5O4)CC(=O)CC3C(C[C@H]4O[C@@H](CCC1O2)C[C@@H](C)C4=C)O[C@H](CC(O)C[N+](=O)[O-])[C@@H]3C. The molecule has 13 heteroatoms. The Bertz CT molecular complexity index is 1460. The Morgan fingerprint density at radius 2 is 1.53 bits per heavy atom. The zero-order valence-corrected chi connectivity index (χ0v) is 31.1. The van der Waals surface area contributed by atoms with Crippen LogP contribution in [0.1, 0.15) is 97.3 Å². The largest absolute Gasteiger partial charge is 0.386 e. The Hall–Kier alpha value is -1.81. The Morgan fingerprint density at radius 1 is 0.792 bits per heavy atom. The van der Waals surface area contributed by atoms with Gasteiger partial charge >= 0.3 is 0 Å². The Morgan fingerprint density at radius 3 is 2.36 bits per heavy atom. The lowest BCUT2D eigenvalue weighted by Gasteiger charge is -2.47. The van der Waals surface area contributed by atoms with Gasteiger partial charge in [0.2, 0.25) is 6.54 Å². The van der Waals surface area contributed by atoms with Crippen LogP contribution in [0.4, 0.5) is 0 Å². The predicted molar refractivity (Wildman–Crippen MR) is 187 cm³/mol. The molecule has 53 heavy (non-hydrogen) atoms. The average Bonchev–Trinajstić information content (AvgIpc) is 3.76. The van der Waals surface area contributed by atoms with Crippen LogP contribution in [0.25, 0.3) is 0 Å². The van der Waals surface area contributed by atoms with E-state index < -0.39 is 29.5 Å². The van der Waals surface area contributed by atoms with Gasteiger partial charge in [0, 0.05) is 43.4 Å². The first-order valence-corrected chi connectivity index (χ1v) is 20.4. The smallest absolute Gasteiger partial charge is 0.229 e. The molecule has 5 unspecified atom stereocenters. The van der Waals surface area contributed by atoms with Gasteiger partial charge in [-0.2, -0.15) is 0 Å². The first kappa shape index (κ1) is 36.8. The van der Waals surface area contributed by atoms with E-state index in [1.807, 2.05) is 6.92 Å². The van der Waals surface area contributed by atoms with Crippen LogP contribution in [-0.2, 0) is 42.7 Å². The lowest BCUT2D eigenvalue weighted by Crippen LogP contribution is -2.61. The topological polar surface area (TPSA) is 154 Å². The van der Waals surface area contributed by atoms with E-state index in [1.54, 1.807) is 0 Å². The molecule has 12 bridgehead atoms. The zero-order valence-electron chi connectivity index (χ0n) is 31.1. The van der Waals surface area contributed by atoms with Crippen LogP contribution >= 0.6 is 0 Å². The summed E-state index contributed by atoms with van der Waals surface area (Å²) in [5, 5.41) is 21.7. The minimum Gasteiger partial charge on any atom is -0.386 e. The molecule has 10 fully saturated rings. The van der Waals surface area contributed by atoms with E-state index in [0.717, 1.165) is 49.7 Å². The molecule has 10 aliphatic rings. The lowest BCUT2D eigenvalue weighted by atomic mass is 9.78. The number of ketones is 1. The summed E-state index contributed by atoms with van der Waals surface area (Å²) in [6, 6.07) is 0. The third-order valence-corrected chi connectivity index (χ3v) is 14.3. The Balaban J connectivity index is 0.979. The van der Waals surface area contributed by atoms with Gasteiger partial charge in [-0.05, 0) is 73.8 Å². The third kappa shape index (κ3) is 6.98. The highest BCUT2D eigenvalue weighted by molar-refractivity contribution is 5.79. The fraction of sp³-hybridized carbons (Fsp3) is 0.875. The van der Waals surface area contributed by atoms with Crippen molar-refractivity contribution in [3.8, 4) is 0 Å². The summed E-state index contributed by atoms with van der Waals surface area (Å²) in [4.78, 5) is 24.7. The molecule has 0 saturated carbocycles. The summed E-state index contributed by atoms with van der Waals surface area (Å²) in [6.07, 6.45) is 4.09. The molecule has 294 valence electrons. The number of fused-ring (bicyclic) bond motifs is 6. The molecule has 1 N–H and O–H groups in total. The Labute approximate surface area is 311 Å². The monoisotopic (exact) mass is 743 g/mol. The lowest BCUT2D eigenvalue weighted by molar-refractivity contribution is -0.490. The number of hydrogen-bond donors (Lipinski definition) is 1. The molecule has 0 radical (unpaired) electrons. The maximum Gasteiger partial charge on any atom is 0.229 e. The summed E-state index contributed by atoms with van der Waals surface area (Å²) in [7, 11) is 0. The Kier molecular flexibility index (Phi) is 9.92. The molecule has 0 aromatic carbocycles. The van der Waals surface area contributed by atoms with E-state index in [2.05, 4.69) is 20.1 Å². The number of rotatable bonds is 4. The van der Waals surface area contributed by atoms with Crippen molar-refractivity contribution in [3.63, 3.8) is 0 Å². The van der Waals surface area contributed by atoms with E-state index in [-0.39, 0.29) is 122 Å². The van der Waals surface area contributed by atoms with E-state index in [0.29, 0.717) is 25.7 Å². The van der Waals surface area contributed by atoms with Crippen LogP contribution in [0.3, 0.4) is 0 Å². The van der Waals surface area contributed by atoms with E-state index in [1.165, 1.54) is 0 Å². The molecule has 0 aliphatic carbocycles.